The standard InChI is InChI=1S/C58H71F3N10O8.3ClH/c1-34-26-69(31-50(73)71-33-58(4,57(62)77)45-16-11-38(24-48(45)71)23-37-9-13-41(59)14-10-37)43(28-67-19-22-79-32-35(67)2)29-68(34)30-49(72)64-42-15-12-40-27-70(53(44(40)25-42)55(75)66-52-46(60)7-6-8-47(52)61)56(76)51(39-17-20-78-21-18-39)65-54(74)36(3)63-5;;;/h6-16,24-25,34-36,39,43,51,53,63H,17-23,26-33H2,1-5H3,(H2,62,77)(H,64,72)(H,65,74)(H,66,75);3*1H/t34-,35-,36+,43+,51+,53+,58+;;;/m1.../s1. The van der Waals surface area contributed by atoms with Gasteiger partial charge in [0.05, 0.1) is 37.8 Å². The van der Waals surface area contributed by atoms with Gasteiger partial charge in [-0.3, -0.25) is 43.5 Å². The number of primary amides is 1. The van der Waals surface area contributed by atoms with Crippen LogP contribution in [-0.4, -0.2) is 165 Å². The summed E-state index contributed by atoms with van der Waals surface area (Å²) in [5.41, 5.74) is 8.44. The monoisotopic (exact) mass is 1200 g/mol. The third kappa shape index (κ3) is 14.4. The van der Waals surface area contributed by atoms with Crippen LogP contribution in [-0.2, 0) is 56.6 Å². The van der Waals surface area contributed by atoms with Crippen molar-refractivity contribution in [3.63, 3.8) is 0 Å². The number of carbonyl (C=O) groups excluding carboxylic acids is 6. The molecular formula is C58H74Cl3F3N10O8. The highest BCUT2D eigenvalue weighted by Gasteiger charge is 2.48. The number of nitrogens with zero attached hydrogens (tertiary/aromatic N) is 5. The van der Waals surface area contributed by atoms with Gasteiger partial charge in [0.25, 0.3) is 5.91 Å². The lowest BCUT2D eigenvalue weighted by Crippen LogP contribution is -2.64. The molecule has 5 aliphatic rings. The first kappa shape index (κ1) is 65.3. The summed E-state index contributed by atoms with van der Waals surface area (Å²) in [4.78, 5) is 94.2. The average molecular weight is 1200 g/mol. The van der Waals surface area contributed by atoms with Crippen molar-refractivity contribution in [2.75, 3.05) is 94.8 Å². The van der Waals surface area contributed by atoms with Gasteiger partial charge >= 0.3 is 0 Å². The molecule has 9 rings (SSSR count). The summed E-state index contributed by atoms with van der Waals surface area (Å²) in [6.45, 7) is 11.4. The molecule has 5 heterocycles. The third-order valence-electron chi connectivity index (χ3n) is 16.6. The van der Waals surface area contributed by atoms with Crippen LogP contribution < -0.4 is 31.9 Å². The molecule has 0 bridgehead atoms. The van der Waals surface area contributed by atoms with Gasteiger partial charge in [-0.2, -0.15) is 0 Å². The second-order valence-electron chi connectivity index (χ2n) is 22.0. The molecule has 0 aliphatic carbocycles. The van der Waals surface area contributed by atoms with Crippen molar-refractivity contribution in [3.05, 3.63) is 124 Å². The fraction of sp³-hybridized carbons (Fsp3) is 0.483. The maximum atomic E-state index is 15.1. The van der Waals surface area contributed by atoms with E-state index in [2.05, 4.69) is 42.9 Å². The number of nitrogens with two attached hydrogens (primary N) is 1. The summed E-state index contributed by atoms with van der Waals surface area (Å²) in [5, 5.41) is 11.2. The number of ether oxygens (including phenoxy) is 2. The maximum Gasteiger partial charge on any atom is 0.252 e. The molecule has 4 aromatic carbocycles. The zero-order chi connectivity index (χ0) is 56.3. The summed E-state index contributed by atoms with van der Waals surface area (Å²) >= 11 is 0. The molecule has 7 atom stereocenters. The number of hydrogen-bond donors (Lipinski definition) is 5. The van der Waals surface area contributed by atoms with Crippen LogP contribution in [0.4, 0.5) is 30.2 Å². The number of rotatable bonds is 17. The molecule has 0 radical (unpaired) electrons. The number of carbonyl (C=O) groups is 6. The van der Waals surface area contributed by atoms with Gasteiger partial charge < -0.3 is 46.3 Å². The van der Waals surface area contributed by atoms with E-state index in [1.807, 2.05) is 25.1 Å². The Balaban J connectivity index is 0.00000360. The second kappa shape index (κ2) is 28.1. The molecule has 3 fully saturated rings. The minimum atomic E-state index is -1.42. The highest BCUT2D eigenvalue weighted by molar-refractivity contribution is 6.03. The van der Waals surface area contributed by atoms with E-state index in [0.717, 1.165) is 23.3 Å². The lowest BCUT2D eigenvalue weighted by Gasteiger charge is -2.47. The smallest absolute Gasteiger partial charge is 0.252 e. The highest BCUT2D eigenvalue weighted by atomic mass is 35.5. The Bertz CT molecular complexity index is 2940. The number of morpholine rings is 1. The lowest BCUT2D eigenvalue weighted by molar-refractivity contribution is -0.144. The quantitative estimate of drug-likeness (QED) is 0.0910. The number of para-hydroxylation sites is 1. The van der Waals surface area contributed by atoms with Crippen molar-refractivity contribution in [2.45, 2.75) is 95.2 Å². The largest absolute Gasteiger partial charge is 0.381 e. The Labute approximate surface area is 494 Å². The number of anilines is 3. The topological polar surface area (TPSA) is 211 Å². The van der Waals surface area contributed by atoms with E-state index in [1.54, 1.807) is 56.1 Å². The maximum absolute atomic E-state index is 15.1. The summed E-state index contributed by atoms with van der Waals surface area (Å²) in [6, 6.07) is 16.6. The predicted octanol–water partition coefficient (Wildman–Crippen LogP) is 5.33. The average Bonchev–Trinajstić information content (AvgIpc) is 4.11. The normalized spacial score (nSPS) is 22.7. The van der Waals surface area contributed by atoms with Gasteiger partial charge in [0.15, 0.2) is 0 Å². The number of likely N-dealkylation sites (N-methyl/N-ethyl adjacent to an activating group) is 1. The zero-order valence-electron chi connectivity index (χ0n) is 46.6. The number of benzene rings is 4. The Hall–Kier alpha value is -5.88. The predicted molar refractivity (Wildman–Crippen MR) is 312 cm³/mol. The number of fused-ring (bicyclic) bond motifs is 2. The van der Waals surface area contributed by atoms with Crippen molar-refractivity contribution in [1.82, 2.24) is 30.2 Å². The fourth-order valence-corrected chi connectivity index (χ4v) is 11.7. The van der Waals surface area contributed by atoms with Crippen LogP contribution in [0.2, 0.25) is 0 Å². The second-order valence-corrected chi connectivity index (χ2v) is 22.0. The molecule has 3 saturated heterocycles. The summed E-state index contributed by atoms with van der Waals surface area (Å²) < 4.78 is 55.3. The van der Waals surface area contributed by atoms with Crippen LogP contribution in [0.3, 0.4) is 0 Å². The molecule has 6 N–H and O–H groups in total. The van der Waals surface area contributed by atoms with Crippen LogP contribution in [0, 0.1) is 23.4 Å². The van der Waals surface area contributed by atoms with Crippen molar-refractivity contribution in [1.29, 1.82) is 0 Å². The Morgan fingerprint density at radius 3 is 2.16 bits per heavy atom. The molecule has 5 aliphatic heterocycles. The van der Waals surface area contributed by atoms with Crippen LogP contribution in [0.1, 0.15) is 74.4 Å². The molecule has 18 nitrogen and oxygen atoms in total. The molecule has 4 aromatic rings. The van der Waals surface area contributed by atoms with Crippen molar-refractivity contribution in [3.8, 4) is 0 Å². The van der Waals surface area contributed by atoms with Gasteiger partial charge in [-0.1, -0.05) is 36.4 Å². The van der Waals surface area contributed by atoms with Crippen molar-refractivity contribution >= 4 is 89.7 Å². The molecule has 0 aromatic heterocycles. The fourth-order valence-electron chi connectivity index (χ4n) is 11.7. The molecule has 82 heavy (non-hydrogen) atoms. The zero-order valence-corrected chi connectivity index (χ0v) is 49.0. The van der Waals surface area contributed by atoms with E-state index in [0.29, 0.717) is 99.9 Å². The van der Waals surface area contributed by atoms with Crippen LogP contribution in [0.25, 0.3) is 0 Å². The first-order valence-electron chi connectivity index (χ1n) is 27.1. The molecule has 24 heteroatoms. The molecule has 6 amide bonds. The van der Waals surface area contributed by atoms with Crippen LogP contribution in [0.5, 0.6) is 0 Å². The van der Waals surface area contributed by atoms with E-state index in [4.69, 9.17) is 15.2 Å². The minimum Gasteiger partial charge on any atom is -0.381 e. The van der Waals surface area contributed by atoms with Gasteiger partial charge in [0.2, 0.25) is 29.5 Å². The Morgan fingerprint density at radius 1 is 0.793 bits per heavy atom. The van der Waals surface area contributed by atoms with Crippen LogP contribution in [0.15, 0.2) is 78.9 Å². The lowest BCUT2D eigenvalue weighted by atomic mass is 9.83. The summed E-state index contributed by atoms with van der Waals surface area (Å²) in [5.74, 6) is -5.70. The van der Waals surface area contributed by atoms with Gasteiger partial charge in [0, 0.05) is 82.0 Å². The molecule has 0 saturated carbocycles. The number of piperazine rings is 1. The van der Waals surface area contributed by atoms with Gasteiger partial charge in [0.1, 0.15) is 35.2 Å². The number of nitrogens with one attached hydrogen (secondary N) is 4. The highest BCUT2D eigenvalue weighted by Crippen LogP contribution is 2.42. The van der Waals surface area contributed by atoms with E-state index in [9.17, 15) is 33.2 Å². The van der Waals surface area contributed by atoms with Gasteiger partial charge in [-0.05, 0) is 130 Å². The molecule has 0 spiro atoms. The van der Waals surface area contributed by atoms with E-state index in [1.165, 1.54) is 23.1 Å². The molecular weight excluding hydrogens is 1130 g/mol. The molecule has 446 valence electrons. The first-order valence-corrected chi connectivity index (χ1v) is 27.1. The number of amides is 6. The SMILES string of the molecule is CN[C@@H](C)C(=O)N[C@H](C(=O)N1Cc2ccc(NC(=O)CN3C[C@H](CN4CCOC[C@H]4C)N(CC(=O)N4C[C@](C)(C(N)=O)c5ccc(Cc6ccc(F)cc6)cc54)C[C@H]3C)cc2[C@H]1C(=O)Nc1c(F)cccc1F)C1CCOCC1.Cl.Cl.Cl. The van der Waals surface area contributed by atoms with Crippen molar-refractivity contribution in [2.24, 2.45) is 11.7 Å². The van der Waals surface area contributed by atoms with E-state index < -0.39 is 64.5 Å². The summed E-state index contributed by atoms with van der Waals surface area (Å²) in [6.07, 6.45) is 1.41. The van der Waals surface area contributed by atoms with E-state index in [-0.39, 0.29) is 105 Å². The van der Waals surface area contributed by atoms with E-state index >= 15 is 8.78 Å². The summed E-state index contributed by atoms with van der Waals surface area (Å²) in [7, 11) is 1.62. The first-order chi connectivity index (χ1) is 37.8. The van der Waals surface area contributed by atoms with Crippen LogP contribution >= 0.6 is 37.2 Å². The number of hydrogen-bond acceptors (Lipinski definition) is 12. The van der Waals surface area contributed by atoms with Gasteiger partial charge in [-0.15, -0.1) is 37.2 Å². The third-order valence-corrected chi connectivity index (χ3v) is 16.6. The minimum absolute atomic E-state index is 0. The number of halogens is 6. The molecule has 0 unspecified atom stereocenters. The Morgan fingerprint density at radius 2 is 1.49 bits per heavy atom. The van der Waals surface area contributed by atoms with Gasteiger partial charge in [-0.25, -0.2) is 13.2 Å². The Kier molecular flexibility index (Phi) is 22.4. The van der Waals surface area contributed by atoms with Crippen molar-refractivity contribution < 1.29 is 51.4 Å².